The Labute approximate surface area is 119 Å². The van der Waals surface area contributed by atoms with Crippen LogP contribution in [0.5, 0.6) is 0 Å². The SMILES string of the molecule is CCOC(C)(C)C(CC(C)C)OC(=O)C(C)(C)CC. The van der Waals surface area contributed by atoms with Crippen LogP contribution in [0.25, 0.3) is 0 Å². The fourth-order valence-electron chi connectivity index (χ4n) is 1.80. The zero-order valence-electron chi connectivity index (χ0n) is 14.0. The maximum atomic E-state index is 12.3. The minimum atomic E-state index is -0.446. The van der Waals surface area contributed by atoms with Crippen LogP contribution >= 0.6 is 0 Å². The average molecular weight is 272 g/mol. The lowest BCUT2D eigenvalue weighted by Gasteiger charge is -2.36. The third-order valence-electron chi connectivity index (χ3n) is 3.66. The number of rotatable bonds is 8. The van der Waals surface area contributed by atoms with Crippen molar-refractivity contribution < 1.29 is 14.3 Å². The van der Waals surface area contributed by atoms with Crippen LogP contribution in [-0.4, -0.2) is 24.3 Å². The first-order chi connectivity index (χ1) is 8.56. The highest BCUT2D eigenvalue weighted by Gasteiger charge is 2.37. The van der Waals surface area contributed by atoms with Crippen molar-refractivity contribution in [2.75, 3.05) is 6.61 Å². The van der Waals surface area contributed by atoms with E-state index in [1.54, 1.807) is 0 Å². The average Bonchev–Trinajstić information content (AvgIpc) is 2.27. The van der Waals surface area contributed by atoms with E-state index in [0.29, 0.717) is 12.5 Å². The Morgan fingerprint density at radius 1 is 1.11 bits per heavy atom. The smallest absolute Gasteiger partial charge is 0.311 e. The van der Waals surface area contributed by atoms with Crippen LogP contribution in [0, 0.1) is 11.3 Å². The Kier molecular flexibility index (Phi) is 7.06. The van der Waals surface area contributed by atoms with Gasteiger partial charge in [0.05, 0.1) is 11.0 Å². The van der Waals surface area contributed by atoms with Crippen molar-refractivity contribution in [2.45, 2.75) is 79.9 Å². The molecule has 0 spiro atoms. The second-order valence-corrected chi connectivity index (χ2v) is 6.80. The lowest BCUT2D eigenvalue weighted by molar-refractivity contribution is -0.180. The van der Waals surface area contributed by atoms with Crippen LogP contribution in [0.4, 0.5) is 0 Å². The third-order valence-corrected chi connectivity index (χ3v) is 3.66. The van der Waals surface area contributed by atoms with E-state index in [0.717, 1.165) is 12.8 Å². The fraction of sp³-hybridized carbons (Fsp3) is 0.938. The summed E-state index contributed by atoms with van der Waals surface area (Å²) in [5.41, 5.74) is -0.879. The van der Waals surface area contributed by atoms with E-state index < -0.39 is 11.0 Å². The Morgan fingerprint density at radius 2 is 1.63 bits per heavy atom. The first kappa shape index (κ1) is 18.4. The fourth-order valence-corrected chi connectivity index (χ4v) is 1.80. The van der Waals surface area contributed by atoms with Gasteiger partial charge in [-0.1, -0.05) is 20.8 Å². The Hall–Kier alpha value is -0.570. The molecule has 0 fully saturated rings. The molecule has 0 saturated heterocycles. The molecule has 0 bridgehead atoms. The third kappa shape index (κ3) is 5.94. The molecule has 0 N–H and O–H groups in total. The molecule has 0 radical (unpaired) electrons. The molecule has 1 unspecified atom stereocenters. The van der Waals surface area contributed by atoms with Gasteiger partial charge in [-0.05, 0) is 53.4 Å². The minimum absolute atomic E-state index is 0.131. The standard InChI is InChI=1S/C16H32O3/c1-9-15(5,6)14(17)19-13(11-12(3)4)16(7,8)18-10-2/h12-13H,9-11H2,1-8H3. The van der Waals surface area contributed by atoms with E-state index in [9.17, 15) is 4.79 Å². The van der Waals surface area contributed by atoms with Gasteiger partial charge in [-0.15, -0.1) is 0 Å². The molecule has 3 nitrogen and oxygen atoms in total. The maximum Gasteiger partial charge on any atom is 0.311 e. The quantitative estimate of drug-likeness (QED) is 0.621. The first-order valence-corrected chi connectivity index (χ1v) is 7.41. The van der Waals surface area contributed by atoms with Gasteiger partial charge in [0.1, 0.15) is 6.10 Å². The predicted molar refractivity (Wildman–Crippen MR) is 79.1 cm³/mol. The summed E-state index contributed by atoms with van der Waals surface area (Å²) in [6, 6.07) is 0. The van der Waals surface area contributed by atoms with E-state index in [-0.39, 0.29) is 12.1 Å². The first-order valence-electron chi connectivity index (χ1n) is 7.41. The molecular weight excluding hydrogens is 240 g/mol. The summed E-state index contributed by atoms with van der Waals surface area (Å²) in [7, 11) is 0. The molecule has 0 aliphatic rings. The van der Waals surface area contributed by atoms with Gasteiger partial charge in [-0.2, -0.15) is 0 Å². The molecule has 1 atom stereocenters. The molecule has 3 heteroatoms. The largest absolute Gasteiger partial charge is 0.459 e. The van der Waals surface area contributed by atoms with Crippen LogP contribution in [0.3, 0.4) is 0 Å². The molecule has 0 saturated carbocycles. The van der Waals surface area contributed by atoms with Crippen LogP contribution in [0.1, 0.15) is 68.2 Å². The van der Waals surface area contributed by atoms with Gasteiger partial charge in [-0.3, -0.25) is 4.79 Å². The molecule has 0 aromatic heterocycles. The lowest BCUT2D eigenvalue weighted by Crippen LogP contribution is -2.45. The molecular formula is C16H32O3. The van der Waals surface area contributed by atoms with E-state index in [4.69, 9.17) is 9.47 Å². The Bertz CT molecular complexity index is 280. The van der Waals surface area contributed by atoms with Crippen LogP contribution < -0.4 is 0 Å². The number of carbonyl (C=O) groups excluding carboxylic acids is 1. The van der Waals surface area contributed by atoms with Crippen molar-refractivity contribution in [1.29, 1.82) is 0 Å². The van der Waals surface area contributed by atoms with E-state index in [1.165, 1.54) is 0 Å². The van der Waals surface area contributed by atoms with Crippen molar-refractivity contribution in [2.24, 2.45) is 11.3 Å². The van der Waals surface area contributed by atoms with Gasteiger partial charge >= 0.3 is 5.97 Å². The summed E-state index contributed by atoms with van der Waals surface area (Å²) in [5, 5.41) is 0. The highest BCUT2D eigenvalue weighted by molar-refractivity contribution is 5.76. The van der Waals surface area contributed by atoms with Crippen LogP contribution in [-0.2, 0) is 14.3 Å². The monoisotopic (exact) mass is 272 g/mol. The van der Waals surface area contributed by atoms with Crippen molar-refractivity contribution in [3.05, 3.63) is 0 Å². The second-order valence-electron chi connectivity index (χ2n) is 6.80. The summed E-state index contributed by atoms with van der Waals surface area (Å²) in [6.07, 6.45) is 1.39. The highest BCUT2D eigenvalue weighted by atomic mass is 16.6. The van der Waals surface area contributed by atoms with Gasteiger partial charge in [0.15, 0.2) is 0 Å². The van der Waals surface area contributed by atoms with Gasteiger partial charge in [-0.25, -0.2) is 0 Å². The zero-order chi connectivity index (χ0) is 15.3. The molecule has 0 aromatic carbocycles. The van der Waals surface area contributed by atoms with Gasteiger partial charge in [0.25, 0.3) is 0 Å². The van der Waals surface area contributed by atoms with E-state index in [1.807, 2.05) is 41.5 Å². The second kappa shape index (κ2) is 7.28. The topological polar surface area (TPSA) is 35.5 Å². The summed E-state index contributed by atoms with van der Waals surface area (Å²) in [6.45, 7) is 16.7. The van der Waals surface area contributed by atoms with E-state index >= 15 is 0 Å². The summed E-state index contributed by atoms with van der Waals surface area (Å²) >= 11 is 0. The number of hydrogen-bond donors (Lipinski definition) is 0. The van der Waals surface area contributed by atoms with Crippen molar-refractivity contribution in [3.8, 4) is 0 Å². The van der Waals surface area contributed by atoms with Gasteiger partial charge < -0.3 is 9.47 Å². The summed E-state index contributed by atoms with van der Waals surface area (Å²) < 4.78 is 11.5. The molecule has 0 heterocycles. The van der Waals surface area contributed by atoms with Crippen LogP contribution in [0.15, 0.2) is 0 Å². The number of carbonyl (C=O) groups is 1. The zero-order valence-corrected chi connectivity index (χ0v) is 14.0. The predicted octanol–water partition coefficient (Wildman–Crippen LogP) is 4.20. The highest BCUT2D eigenvalue weighted by Crippen LogP contribution is 2.29. The number of esters is 1. The molecule has 0 aliphatic heterocycles. The van der Waals surface area contributed by atoms with Crippen LogP contribution in [0.2, 0.25) is 0 Å². The van der Waals surface area contributed by atoms with Gasteiger partial charge in [0, 0.05) is 6.61 Å². The van der Waals surface area contributed by atoms with Gasteiger partial charge in [0.2, 0.25) is 0 Å². The van der Waals surface area contributed by atoms with Crippen molar-refractivity contribution in [3.63, 3.8) is 0 Å². The lowest BCUT2D eigenvalue weighted by atomic mass is 9.89. The van der Waals surface area contributed by atoms with Crippen molar-refractivity contribution in [1.82, 2.24) is 0 Å². The molecule has 0 aliphatic carbocycles. The normalized spacial score (nSPS) is 14.6. The Balaban J connectivity index is 4.92. The molecule has 19 heavy (non-hydrogen) atoms. The minimum Gasteiger partial charge on any atom is -0.459 e. The molecule has 0 amide bonds. The molecule has 0 aromatic rings. The number of ether oxygens (including phenoxy) is 2. The summed E-state index contributed by atoms with van der Waals surface area (Å²) in [4.78, 5) is 12.3. The number of hydrogen-bond acceptors (Lipinski definition) is 3. The maximum absolute atomic E-state index is 12.3. The molecule has 114 valence electrons. The molecule has 0 rings (SSSR count). The van der Waals surface area contributed by atoms with Crippen molar-refractivity contribution >= 4 is 5.97 Å². The van der Waals surface area contributed by atoms with E-state index in [2.05, 4.69) is 13.8 Å². The summed E-state index contributed by atoms with van der Waals surface area (Å²) in [5.74, 6) is 0.329. The Morgan fingerprint density at radius 3 is 2.00 bits per heavy atom.